The first kappa shape index (κ1) is 21.0. The summed E-state index contributed by atoms with van der Waals surface area (Å²) < 4.78 is -1.88. The predicted octanol–water partition coefficient (Wildman–Crippen LogP) is 6.84. The molecular weight excluding hydrogens is 472 g/mol. The van der Waals surface area contributed by atoms with Gasteiger partial charge in [-0.3, -0.25) is 4.79 Å². The number of nitrogens with one attached hydrogen (secondary N) is 2. The monoisotopic (exact) mass is 478 g/mol. The Morgan fingerprint density at radius 1 is 0.920 bits per heavy atom. The molecule has 2 aromatic carbocycles. The lowest BCUT2D eigenvalue weighted by molar-refractivity contribution is 0.0942. The van der Waals surface area contributed by atoms with E-state index >= 15 is 0 Å². The molecule has 0 aliphatic rings. The maximum atomic E-state index is 12.4. The minimum atomic E-state index is -1.88. The van der Waals surface area contributed by atoms with Gasteiger partial charge in [0.05, 0.1) is 25.8 Å². The topological polar surface area (TPSA) is 41.1 Å². The highest BCUT2D eigenvalue weighted by Crippen LogP contribution is 2.35. The van der Waals surface area contributed by atoms with Crippen molar-refractivity contribution in [1.29, 1.82) is 0 Å². The lowest BCUT2D eigenvalue weighted by atomic mass is 10.2. The summed E-state index contributed by atoms with van der Waals surface area (Å²) in [6, 6.07) is 9.28. The SMILES string of the molecule is O=C(NC(Nc1cccc(Cl)c1Cl)C(Cl)(Cl)Cl)c1ccc(Cl)c(Cl)c1. The molecule has 0 aromatic heterocycles. The van der Waals surface area contributed by atoms with Crippen LogP contribution in [0.4, 0.5) is 5.69 Å². The van der Waals surface area contributed by atoms with E-state index in [4.69, 9.17) is 81.2 Å². The number of rotatable bonds is 4. The number of carbonyl (C=O) groups is 1. The van der Waals surface area contributed by atoms with E-state index in [0.29, 0.717) is 15.7 Å². The zero-order valence-electron chi connectivity index (χ0n) is 12.1. The van der Waals surface area contributed by atoms with E-state index in [1.54, 1.807) is 18.2 Å². The number of anilines is 1. The zero-order valence-corrected chi connectivity index (χ0v) is 17.4. The van der Waals surface area contributed by atoms with Crippen LogP contribution in [-0.2, 0) is 0 Å². The first-order valence-electron chi connectivity index (χ1n) is 6.63. The van der Waals surface area contributed by atoms with Crippen molar-refractivity contribution in [2.45, 2.75) is 9.96 Å². The van der Waals surface area contributed by atoms with Crippen LogP contribution in [0.25, 0.3) is 0 Å². The van der Waals surface area contributed by atoms with Gasteiger partial charge in [0.15, 0.2) is 0 Å². The number of hydrogen-bond donors (Lipinski definition) is 2. The van der Waals surface area contributed by atoms with Crippen molar-refractivity contribution in [2.75, 3.05) is 5.32 Å². The molecule has 3 nitrogen and oxygen atoms in total. The maximum Gasteiger partial charge on any atom is 0.253 e. The van der Waals surface area contributed by atoms with Gasteiger partial charge in [-0.05, 0) is 30.3 Å². The third kappa shape index (κ3) is 5.61. The van der Waals surface area contributed by atoms with Crippen LogP contribution in [0.5, 0.6) is 0 Å². The molecule has 25 heavy (non-hydrogen) atoms. The van der Waals surface area contributed by atoms with Crippen LogP contribution in [0.2, 0.25) is 20.1 Å². The molecule has 0 aliphatic carbocycles. The van der Waals surface area contributed by atoms with Gasteiger partial charge in [0.25, 0.3) is 5.91 Å². The number of benzene rings is 2. The first-order chi connectivity index (χ1) is 11.6. The second-order valence-electron chi connectivity index (χ2n) is 4.82. The molecule has 0 aliphatic heterocycles. The molecule has 0 saturated heterocycles. The molecule has 10 heteroatoms. The molecule has 2 rings (SSSR count). The Balaban J connectivity index is 2.24. The molecule has 0 fully saturated rings. The number of carbonyl (C=O) groups excluding carboxylic acids is 1. The second-order valence-corrected chi connectivity index (χ2v) is 8.79. The molecule has 0 heterocycles. The van der Waals surface area contributed by atoms with Crippen molar-refractivity contribution in [3.8, 4) is 0 Å². The van der Waals surface area contributed by atoms with E-state index in [2.05, 4.69) is 10.6 Å². The highest BCUT2D eigenvalue weighted by Gasteiger charge is 2.34. The molecule has 0 saturated carbocycles. The van der Waals surface area contributed by atoms with Crippen LogP contribution in [0.1, 0.15) is 10.4 Å². The lowest BCUT2D eigenvalue weighted by Gasteiger charge is -2.28. The van der Waals surface area contributed by atoms with Crippen molar-refractivity contribution in [3.05, 3.63) is 62.1 Å². The summed E-state index contributed by atoms with van der Waals surface area (Å²) >= 11 is 41.7. The van der Waals surface area contributed by atoms with Gasteiger partial charge >= 0.3 is 0 Å². The standard InChI is InChI=1S/C15H9Cl7N2O/c16-8-5-4-7(6-10(8)18)13(25)24-14(15(20,21)22)23-11-3-1-2-9(17)12(11)19/h1-6,14,23H,(H,24,25). The van der Waals surface area contributed by atoms with Gasteiger partial charge in [-0.15, -0.1) is 0 Å². The molecule has 0 spiro atoms. The summed E-state index contributed by atoms with van der Waals surface area (Å²) in [5, 5.41) is 6.50. The van der Waals surface area contributed by atoms with Crippen LogP contribution in [0.3, 0.4) is 0 Å². The summed E-state index contributed by atoms with van der Waals surface area (Å²) in [4.78, 5) is 12.4. The summed E-state index contributed by atoms with van der Waals surface area (Å²) in [5.74, 6) is -0.527. The van der Waals surface area contributed by atoms with E-state index in [1.807, 2.05) is 0 Å². The van der Waals surface area contributed by atoms with Gasteiger partial charge in [0.2, 0.25) is 3.79 Å². The zero-order chi connectivity index (χ0) is 18.8. The predicted molar refractivity (Wildman–Crippen MR) is 108 cm³/mol. The Kier molecular flexibility index (Phi) is 7.26. The maximum absolute atomic E-state index is 12.4. The molecule has 0 radical (unpaired) electrons. The van der Waals surface area contributed by atoms with Gasteiger partial charge < -0.3 is 10.6 Å². The quantitative estimate of drug-likeness (QED) is 0.371. The average molecular weight is 481 g/mol. The van der Waals surface area contributed by atoms with E-state index in [9.17, 15) is 4.79 Å². The Labute approximate surface area is 179 Å². The second kappa shape index (κ2) is 8.62. The van der Waals surface area contributed by atoms with Crippen LogP contribution in [-0.4, -0.2) is 15.9 Å². The average Bonchev–Trinajstić information content (AvgIpc) is 2.52. The largest absolute Gasteiger partial charge is 0.361 e. The third-order valence-electron chi connectivity index (χ3n) is 3.04. The Bertz CT molecular complexity index is 792. The van der Waals surface area contributed by atoms with E-state index in [-0.39, 0.29) is 15.6 Å². The van der Waals surface area contributed by atoms with Gasteiger partial charge in [-0.1, -0.05) is 87.3 Å². The summed E-state index contributed by atoms with van der Waals surface area (Å²) in [5.41, 5.74) is 0.632. The van der Waals surface area contributed by atoms with Gasteiger partial charge in [-0.25, -0.2) is 0 Å². The van der Waals surface area contributed by atoms with Crippen molar-refractivity contribution in [2.24, 2.45) is 0 Å². The molecule has 0 bridgehead atoms. The first-order valence-corrected chi connectivity index (χ1v) is 9.27. The lowest BCUT2D eigenvalue weighted by Crippen LogP contribution is -2.49. The minimum absolute atomic E-state index is 0.227. The van der Waals surface area contributed by atoms with Gasteiger partial charge in [0.1, 0.15) is 6.17 Å². The van der Waals surface area contributed by atoms with Crippen LogP contribution in [0, 0.1) is 0 Å². The molecule has 2 aromatic rings. The Morgan fingerprint density at radius 3 is 2.20 bits per heavy atom. The van der Waals surface area contributed by atoms with E-state index < -0.39 is 15.9 Å². The number of halogens is 7. The smallest absolute Gasteiger partial charge is 0.253 e. The molecule has 2 N–H and O–H groups in total. The minimum Gasteiger partial charge on any atom is -0.361 e. The van der Waals surface area contributed by atoms with Gasteiger partial charge in [0, 0.05) is 5.56 Å². The third-order valence-corrected chi connectivity index (χ3v) is 5.25. The van der Waals surface area contributed by atoms with Crippen molar-refractivity contribution in [1.82, 2.24) is 5.32 Å². The summed E-state index contributed by atoms with van der Waals surface area (Å²) in [6.07, 6.45) is -1.10. The molecule has 1 atom stereocenters. The summed E-state index contributed by atoms with van der Waals surface area (Å²) in [7, 11) is 0. The van der Waals surface area contributed by atoms with Crippen LogP contribution >= 0.6 is 81.2 Å². The molecule has 1 amide bonds. The molecular formula is C15H9Cl7N2O. The van der Waals surface area contributed by atoms with Crippen LogP contribution in [0.15, 0.2) is 36.4 Å². The summed E-state index contributed by atoms with van der Waals surface area (Å²) in [6.45, 7) is 0. The van der Waals surface area contributed by atoms with E-state index in [0.717, 1.165) is 0 Å². The highest BCUT2D eigenvalue weighted by molar-refractivity contribution is 6.68. The normalized spacial score (nSPS) is 12.6. The fraction of sp³-hybridized carbons (Fsp3) is 0.133. The highest BCUT2D eigenvalue weighted by atomic mass is 35.6. The fourth-order valence-corrected chi connectivity index (χ4v) is 2.80. The van der Waals surface area contributed by atoms with Crippen LogP contribution < -0.4 is 10.6 Å². The fourth-order valence-electron chi connectivity index (χ4n) is 1.82. The Hall–Kier alpha value is -0.260. The van der Waals surface area contributed by atoms with Crippen molar-refractivity contribution in [3.63, 3.8) is 0 Å². The Morgan fingerprint density at radius 2 is 1.60 bits per heavy atom. The molecule has 1 unspecified atom stereocenters. The number of hydrogen-bond acceptors (Lipinski definition) is 2. The van der Waals surface area contributed by atoms with Gasteiger partial charge in [-0.2, -0.15) is 0 Å². The van der Waals surface area contributed by atoms with E-state index in [1.165, 1.54) is 18.2 Å². The number of alkyl halides is 3. The molecule has 134 valence electrons. The van der Waals surface area contributed by atoms with Crippen molar-refractivity contribution >= 4 is 92.8 Å². The van der Waals surface area contributed by atoms with Crippen molar-refractivity contribution < 1.29 is 4.79 Å². The number of amides is 1.